The minimum atomic E-state index is -0.547. The fourth-order valence-corrected chi connectivity index (χ4v) is 2.30. The lowest BCUT2D eigenvalue weighted by Gasteiger charge is -2.11. The summed E-state index contributed by atoms with van der Waals surface area (Å²) >= 11 is 0. The van der Waals surface area contributed by atoms with Crippen LogP contribution in [-0.4, -0.2) is 26.9 Å². The third-order valence-corrected chi connectivity index (χ3v) is 3.45. The monoisotopic (exact) mass is 322 g/mol. The van der Waals surface area contributed by atoms with E-state index in [9.17, 15) is 4.79 Å². The molecule has 1 aromatic heterocycles. The minimum Gasteiger partial charge on any atom is -0.409 e. The number of primary amides is 1. The molecule has 1 heterocycles. The Balaban J connectivity index is 2.20. The first-order valence-corrected chi connectivity index (χ1v) is 6.98. The molecule has 0 spiro atoms. The molecule has 0 atom stereocenters. The summed E-state index contributed by atoms with van der Waals surface area (Å²) < 4.78 is 0. The summed E-state index contributed by atoms with van der Waals surface area (Å²) in [5.74, 6) is -0.193. The van der Waals surface area contributed by atoms with Gasteiger partial charge in [-0.05, 0) is 29.7 Å². The van der Waals surface area contributed by atoms with Gasteiger partial charge in [-0.25, -0.2) is 9.97 Å². The van der Waals surface area contributed by atoms with E-state index in [2.05, 4.69) is 20.4 Å². The average molecular weight is 322 g/mol. The molecular weight excluding hydrogens is 308 g/mol. The lowest BCUT2D eigenvalue weighted by atomic mass is 10.0. The number of aromatic nitrogens is 2. The molecule has 6 N–H and O–H groups in total. The number of carbonyl (C=O) groups is 1. The zero-order valence-electron chi connectivity index (χ0n) is 12.5. The van der Waals surface area contributed by atoms with Crippen LogP contribution < -0.4 is 16.8 Å². The molecule has 0 aliphatic rings. The van der Waals surface area contributed by atoms with Gasteiger partial charge in [0.15, 0.2) is 5.84 Å². The highest BCUT2D eigenvalue weighted by atomic mass is 16.4. The number of amides is 1. The van der Waals surface area contributed by atoms with E-state index in [1.165, 1.54) is 0 Å². The van der Waals surface area contributed by atoms with E-state index >= 15 is 0 Å². The predicted molar refractivity (Wildman–Crippen MR) is 90.3 cm³/mol. The molecule has 8 heteroatoms. The molecule has 0 fully saturated rings. The molecule has 0 aliphatic heterocycles. The van der Waals surface area contributed by atoms with E-state index in [4.69, 9.17) is 16.7 Å². The average Bonchev–Trinajstić information content (AvgIpc) is 2.61. The Morgan fingerprint density at radius 2 is 1.83 bits per heavy atom. The second-order valence-corrected chi connectivity index (χ2v) is 5.01. The summed E-state index contributed by atoms with van der Waals surface area (Å²) in [5.41, 5.74) is 12.5. The van der Waals surface area contributed by atoms with Crippen LogP contribution in [-0.2, 0) is 0 Å². The molecule has 1 amide bonds. The number of nitrogens with one attached hydrogen (secondary N) is 1. The van der Waals surface area contributed by atoms with Gasteiger partial charge in [0.1, 0.15) is 0 Å². The van der Waals surface area contributed by atoms with E-state index in [-0.39, 0.29) is 5.84 Å². The van der Waals surface area contributed by atoms with Crippen molar-refractivity contribution >= 4 is 34.2 Å². The van der Waals surface area contributed by atoms with Crippen molar-refractivity contribution < 1.29 is 10.0 Å². The maximum absolute atomic E-state index is 11.6. The van der Waals surface area contributed by atoms with Crippen LogP contribution >= 0.6 is 0 Å². The standard InChI is InChI=1S/C16H14N6O2/c17-14(22-24)10-3-2-9-6-11(15(18)23)8-13(12(9)7-10)21-16-19-4-1-5-20-16/h1-8,24H,(H2,17,22)(H2,18,23)(H,19,20,21). The molecule has 2 aromatic carbocycles. The quantitative estimate of drug-likeness (QED) is 0.249. The Kier molecular flexibility index (Phi) is 3.94. The van der Waals surface area contributed by atoms with E-state index in [1.54, 1.807) is 48.8 Å². The summed E-state index contributed by atoms with van der Waals surface area (Å²) in [6, 6.07) is 10.2. The molecule has 3 aromatic rings. The number of carbonyl (C=O) groups excluding carboxylic acids is 1. The highest BCUT2D eigenvalue weighted by Crippen LogP contribution is 2.28. The van der Waals surface area contributed by atoms with Crippen molar-refractivity contribution in [3.05, 3.63) is 59.9 Å². The zero-order valence-corrected chi connectivity index (χ0v) is 12.5. The molecule has 0 saturated heterocycles. The van der Waals surface area contributed by atoms with Gasteiger partial charge in [-0.2, -0.15) is 0 Å². The van der Waals surface area contributed by atoms with Gasteiger partial charge in [0.05, 0.1) is 0 Å². The number of oxime groups is 1. The molecule has 0 saturated carbocycles. The third-order valence-electron chi connectivity index (χ3n) is 3.45. The van der Waals surface area contributed by atoms with Crippen LogP contribution in [0.15, 0.2) is 53.9 Å². The highest BCUT2D eigenvalue weighted by molar-refractivity contribution is 6.07. The topological polar surface area (TPSA) is 140 Å². The first-order valence-electron chi connectivity index (χ1n) is 6.98. The van der Waals surface area contributed by atoms with E-state index in [0.717, 1.165) is 10.8 Å². The maximum atomic E-state index is 11.6. The van der Waals surface area contributed by atoms with E-state index in [1.807, 2.05) is 0 Å². The number of hydrogen-bond donors (Lipinski definition) is 4. The Labute approximate surface area is 136 Å². The van der Waals surface area contributed by atoms with Gasteiger partial charge in [-0.3, -0.25) is 4.79 Å². The van der Waals surface area contributed by atoms with Gasteiger partial charge < -0.3 is 22.0 Å². The van der Waals surface area contributed by atoms with E-state index < -0.39 is 5.91 Å². The SMILES string of the molecule is NC(=O)c1cc(Nc2ncccn2)c2cc(C(N)=NO)ccc2c1. The van der Waals surface area contributed by atoms with Gasteiger partial charge in [-0.1, -0.05) is 17.3 Å². The highest BCUT2D eigenvalue weighted by Gasteiger charge is 2.11. The molecule has 24 heavy (non-hydrogen) atoms. The van der Waals surface area contributed by atoms with Gasteiger partial charge in [0.25, 0.3) is 0 Å². The Morgan fingerprint density at radius 3 is 2.50 bits per heavy atom. The number of benzene rings is 2. The number of nitrogens with two attached hydrogens (primary N) is 2. The van der Waals surface area contributed by atoms with Crippen LogP contribution in [0.4, 0.5) is 11.6 Å². The second kappa shape index (κ2) is 6.21. The zero-order chi connectivity index (χ0) is 17.1. The summed E-state index contributed by atoms with van der Waals surface area (Å²) in [6.45, 7) is 0. The summed E-state index contributed by atoms with van der Waals surface area (Å²) in [6.07, 6.45) is 3.19. The maximum Gasteiger partial charge on any atom is 0.248 e. The molecule has 0 aliphatic carbocycles. The summed E-state index contributed by atoms with van der Waals surface area (Å²) in [5, 5.41) is 16.4. The van der Waals surface area contributed by atoms with Crippen LogP contribution in [0.2, 0.25) is 0 Å². The predicted octanol–water partition coefficient (Wildman–Crippen LogP) is 1.57. The number of nitrogens with zero attached hydrogens (tertiary/aromatic N) is 3. The van der Waals surface area contributed by atoms with Crippen LogP contribution in [0.25, 0.3) is 10.8 Å². The number of anilines is 2. The van der Waals surface area contributed by atoms with Crippen molar-refractivity contribution in [3.8, 4) is 0 Å². The number of amidine groups is 1. The van der Waals surface area contributed by atoms with Crippen molar-refractivity contribution in [2.45, 2.75) is 0 Å². The molecule has 120 valence electrons. The molecule has 3 rings (SSSR count). The summed E-state index contributed by atoms with van der Waals surface area (Å²) in [4.78, 5) is 19.8. The molecule has 0 unspecified atom stereocenters. The number of rotatable bonds is 4. The van der Waals surface area contributed by atoms with Crippen LogP contribution in [0.1, 0.15) is 15.9 Å². The molecule has 0 bridgehead atoms. The van der Waals surface area contributed by atoms with Crippen molar-refractivity contribution in [2.75, 3.05) is 5.32 Å². The van der Waals surface area contributed by atoms with Gasteiger partial charge >= 0.3 is 0 Å². The van der Waals surface area contributed by atoms with Crippen molar-refractivity contribution in [3.63, 3.8) is 0 Å². The number of hydrogen-bond acceptors (Lipinski definition) is 6. The van der Waals surface area contributed by atoms with Crippen LogP contribution in [0.5, 0.6) is 0 Å². The van der Waals surface area contributed by atoms with Gasteiger partial charge in [0.2, 0.25) is 11.9 Å². The van der Waals surface area contributed by atoms with Gasteiger partial charge in [0, 0.05) is 34.6 Å². The van der Waals surface area contributed by atoms with E-state index in [0.29, 0.717) is 22.8 Å². The fourth-order valence-electron chi connectivity index (χ4n) is 2.30. The molecule has 0 radical (unpaired) electrons. The lowest BCUT2D eigenvalue weighted by molar-refractivity contribution is 0.100. The molecule has 8 nitrogen and oxygen atoms in total. The van der Waals surface area contributed by atoms with Crippen molar-refractivity contribution in [2.24, 2.45) is 16.6 Å². The third kappa shape index (κ3) is 2.93. The Bertz CT molecular complexity index is 940. The van der Waals surface area contributed by atoms with Crippen molar-refractivity contribution in [1.29, 1.82) is 0 Å². The smallest absolute Gasteiger partial charge is 0.248 e. The first-order chi connectivity index (χ1) is 11.6. The fraction of sp³-hybridized carbons (Fsp3) is 0. The minimum absolute atomic E-state index is 0.0159. The Morgan fingerprint density at radius 1 is 1.08 bits per heavy atom. The van der Waals surface area contributed by atoms with Crippen molar-refractivity contribution in [1.82, 2.24) is 9.97 Å². The first kappa shape index (κ1) is 15.2. The van der Waals surface area contributed by atoms with Crippen LogP contribution in [0.3, 0.4) is 0 Å². The van der Waals surface area contributed by atoms with Crippen LogP contribution in [0, 0.1) is 0 Å². The van der Waals surface area contributed by atoms with Gasteiger partial charge in [-0.15, -0.1) is 0 Å². The normalized spacial score (nSPS) is 11.4. The lowest BCUT2D eigenvalue weighted by Crippen LogP contribution is -2.13. The largest absolute Gasteiger partial charge is 0.409 e. The molecular formula is C16H14N6O2. The Hall–Kier alpha value is -3.68. The number of fused-ring (bicyclic) bond motifs is 1. The summed E-state index contributed by atoms with van der Waals surface area (Å²) in [7, 11) is 0. The second-order valence-electron chi connectivity index (χ2n) is 5.01.